The second kappa shape index (κ2) is 7.53. The van der Waals surface area contributed by atoms with Gasteiger partial charge >= 0.3 is 0 Å². The number of hydrogen-bond donors (Lipinski definition) is 1. The lowest BCUT2D eigenvalue weighted by atomic mass is 10.0. The van der Waals surface area contributed by atoms with Crippen LogP contribution in [-0.2, 0) is 6.54 Å². The van der Waals surface area contributed by atoms with E-state index in [1.807, 2.05) is 43.4 Å². The van der Waals surface area contributed by atoms with Crippen molar-refractivity contribution >= 4 is 5.82 Å². The highest BCUT2D eigenvalue weighted by Crippen LogP contribution is 2.34. The molecule has 5 heteroatoms. The summed E-state index contributed by atoms with van der Waals surface area (Å²) in [5.41, 5.74) is 2.39. The number of methoxy groups -OCH3 is 1. The van der Waals surface area contributed by atoms with Crippen LogP contribution in [0.1, 0.15) is 30.0 Å². The van der Waals surface area contributed by atoms with Gasteiger partial charge in [0.1, 0.15) is 17.3 Å². The smallest absolute Gasteiger partial charge is 0.132 e. The first kappa shape index (κ1) is 16.6. The van der Waals surface area contributed by atoms with Crippen LogP contribution in [0, 0.1) is 0 Å². The van der Waals surface area contributed by atoms with Gasteiger partial charge in [0.25, 0.3) is 0 Å². The lowest BCUT2D eigenvalue weighted by Gasteiger charge is -2.21. The number of fused-ring (bicyclic) bond motifs is 1. The van der Waals surface area contributed by atoms with Gasteiger partial charge in [-0.25, -0.2) is 4.98 Å². The Morgan fingerprint density at radius 1 is 1.33 bits per heavy atom. The molecule has 3 rings (SSSR count). The molecule has 1 atom stereocenters. The van der Waals surface area contributed by atoms with E-state index in [0.717, 1.165) is 43.3 Å². The quantitative estimate of drug-likeness (QED) is 0.914. The molecule has 1 aromatic heterocycles. The second-order valence-electron chi connectivity index (χ2n) is 6.21. The molecule has 2 heterocycles. The van der Waals surface area contributed by atoms with Gasteiger partial charge in [-0.2, -0.15) is 0 Å². The zero-order valence-electron chi connectivity index (χ0n) is 14.6. The summed E-state index contributed by atoms with van der Waals surface area (Å²) in [4.78, 5) is 6.52. The Bertz CT molecular complexity index is 688. The predicted octanol–water partition coefficient (Wildman–Crippen LogP) is 3.16. The van der Waals surface area contributed by atoms with Crippen molar-refractivity contribution < 1.29 is 9.47 Å². The van der Waals surface area contributed by atoms with Crippen molar-refractivity contribution in [1.82, 2.24) is 10.3 Å². The molecule has 0 spiro atoms. The summed E-state index contributed by atoms with van der Waals surface area (Å²) in [6.45, 7) is 1.52. The van der Waals surface area contributed by atoms with Crippen LogP contribution in [0.5, 0.6) is 11.5 Å². The van der Waals surface area contributed by atoms with Crippen LogP contribution in [-0.4, -0.2) is 32.8 Å². The van der Waals surface area contributed by atoms with Gasteiger partial charge in [-0.1, -0.05) is 12.1 Å². The van der Waals surface area contributed by atoms with Gasteiger partial charge in [-0.3, -0.25) is 0 Å². The Labute approximate surface area is 143 Å². The highest BCUT2D eigenvalue weighted by molar-refractivity contribution is 5.46. The van der Waals surface area contributed by atoms with E-state index < -0.39 is 0 Å². The van der Waals surface area contributed by atoms with E-state index in [1.165, 1.54) is 11.1 Å². The maximum atomic E-state index is 5.89. The molecule has 24 heavy (non-hydrogen) atoms. The van der Waals surface area contributed by atoms with E-state index in [4.69, 9.17) is 9.47 Å². The number of benzene rings is 1. The van der Waals surface area contributed by atoms with Gasteiger partial charge in [-0.15, -0.1) is 0 Å². The van der Waals surface area contributed by atoms with E-state index >= 15 is 0 Å². The standard InChI is InChI=1S/C19H25N3O2/c1-22(2)19-14(6-4-10-20-19)13-21-17-7-5-11-24-18-12-15(23-3)8-9-16(17)18/h4,6,8-10,12,17,21H,5,7,11,13H2,1-3H3/t17-/m0/s1. The average molecular weight is 327 g/mol. The van der Waals surface area contributed by atoms with Gasteiger partial charge in [0.15, 0.2) is 0 Å². The summed E-state index contributed by atoms with van der Waals surface area (Å²) in [7, 11) is 5.72. The number of pyridine rings is 1. The molecule has 5 nitrogen and oxygen atoms in total. The molecule has 0 aliphatic carbocycles. The van der Waals surface area contributed by atoms with Crippen LogP contribution in [0.3, 0.4) is 0 Å². The van der Waals surface area contributed by atoms with Crippen molar-refractivity contribution in [2.75, 3.05) is 32.7 Å². The fourth-order valence-electron chi connectivity index (χ4n) is 3.10. The van der Waals surface area contributed by atoms with Crippen molar-refractivity contribution in [1.29, 1.82) is 0 Å². The third kappa shape index (κ3) is 3.62. The number of aromatic nitrogens is 1. The van der Waals surface area contributed by atoms with Crippen molar-refractivity contribution in [3.63, 3.8) is 0 Å². The zero-order valence-corrected chi connectivity index (χ0v) is 14.6. The van der Waals surface area contributed by atoms with E-state index in [2.05, 4.69) is 22.4 Å². The maximum absolute atomic E-state index is 5.89. The minimum Gasteiger partial charge on any atom is -0.497 e. The zero-order chi connectivity index (χ0) is 16.9. The molecule has 1 N–H and O–H groups in total. The number of hydrogen-bond acceptors (Lipinski definition) is 5. The van der Waals surface area contributed by atoms with Crippen LogP contribution in [0.15, 0.2) is 36.5 Å². The second-order valence-corrected chi connectivity index (χ2v) is 6.21. The third-order valence-corrected chi connectivity index (χ3v) is 4.32. The molecule has 0 fully saturated rings. The largest absolute Gasteiger partial charge is 0.497 e. The Morgan fingerprint density at radius 2 is 2.21 bits per heavy atom. The highest BCUT2D eigenvalue weighted by Gasteiger charge is 2.20. The lowest BCUT2D eigenvalue weighted by Crippen LogP contribution is -2.23. The first-order valence-electron chi connectivity index (χ1n) is 8.34. The molecule has 1 aromatic carbocycles. The molecule has 0 radical (unpaired) electrons. The summed E-state index contributed by atoms with van der Waals surface area (Å²) in [5, 5.41) is 3.68. The molecule has 0 bridgehead atoms. The van der Waals surface area contributed by atoms with E-state index in [0.29, 0.717) is 0 Å². The first-order chi connectivity index (χ1) is 11.7. The summed E-state index contributed by atoms with van der Waals surface area (Å²) in [5.74, 6) is 2.75. The number of rotatable bonds is 5. The average Bonchev–Trinajstić information content (AvgIpc) is 2.81. The van der Waals surface area contributed by atoms with Gasteiger partial charge in [0.2, 0.25) is 0 Å². The minimum absolute atomic E-state index is 0.267. The highest BCUT2D eigenvalue weighted by atomic mass is 16.5. The molecule has 1 aliphatic rings. The van der Waals surface area contributed by atoms with E-state index in [9.17, 15) is 0 Å². The molecule has 1 aliphatic heterocycles. The molecule has 0 unspecified atom stereocenters. The Hall–Kier alpha value is -2.27. The Morgan fingerprint density at radius 3 is 3.00 bits per heavy atom. The van der Waals surface area contributed by atoms with Gasteiger partial charge in [0.05, 0.1) is 13.7 Å². The topological polar surface area (TPSA) is 46.6 Å². The van der Waals surface area contributed by atoms with Crippen LogP contribution in [0.4, 0.5) is 5.82 Å². The van der Waals surface area contributed by atoms with Crippen LogP contribution >= 0.6 is 0 Å². The van der Waals surface area contributed by atoms with Crippen LogP contribution in [0.2, 0.25) is 0 Å². The lowest BCUT2D eigenvalue weighted by molar-refractivity contribution is 0.312. The molecule has 2 aromatic rings. The summed E-state index contributed by atoms with van der Waals surface area (Å²) >= 11 is 0. The van der Waals surface area contributed by atoms with Gasteiger partial charge in [0, 0.05) is 50.1 Å². The van der Waals surface area contributed by atoms with Crippen LogP contribution < -0.4 is 19.7 Å². The normalized spacial score (nSPS) is 16.7. The molecular weight excluding hydrogens is 302 g/mol. The van der Waals surface area contributed by atoms with Gasteiger partial charge in [-0.05, 0) is 25.0 Å². The molecule has 128 valence electrons. The fourth-order valence-corrected chi connectivity index (χ4v) is 3.10. The van der Waals surface area contributed by atoms with E-state index in [1.54, 1.807) is 7.11 Å². The number of nitrogens with zero attached hydrogens (tertiary/aromatic N) is 2. The van der Waals surface area contributed by atoms with Crippen molar-refractivity contribution in [2.24, 2.45) is 0 Å². The minimum atomic E-state index is 0.267. The third-order valence-electron chi connectivity index (χ3n) is 4.32. The molecular formula is C19H25N3O2. The van der Waals surface area contributed by atoms with Crippen molar-refractivity contribution in [2.45, 2.75) is 25.4 Å². The summed E-state index contributed by atoms with van der Waals surface area (Å²) < 4.78 is 11.2. The first-order valence-corrected chi connectivity index (χ1v) is 8.34. The predicted molar refractivity (Wildman–Crippen MR) is 95.9 cm³/mol. The molecule has 0 saturated carbocycles. The molecule has 0 amide bonds. The summed E-state index contributed by atoms with van der Waals surface area (Å²) in [6, 6.07) is 10.5. The van der Waals surface area contributed by atoms with Crippen LogP contribution in [0.25, 0.3) is 0 Å². The van der Waals surface area contributed by atoms with Crippen molar-refractivity contribution in [3.05, 3.63) is 47.7 Å². The van der Waals surface area contributed by atoms with Crippen molar-refractivity contribution in [3.8, 4) is 11.5 Å². The number of anilines is 1. The maximum Gasteiger partial charge on any atom is 0.132 e. The Kier molecular flexibility index (Phi) is 5.20. The summed E-state index contributed by atoms with van der Waals surface area (Å²) in [6.07, 6.45) is 3.92. The molecule has 0 saturated heterocycles. The number of ether oxygens (including phenoxy) is 2. The van der Waals surface area contributed by atoms with E-state index in [-0.39, 0.29) is 6.04 Å². The Balaban J connectivity index is 1.79. The SMILES string of the molecule is COc1ccc2c(c1)OCCC[C@@H]2NCc1cccnc1N(C)C. The monoisotopic (exact) mass is 327 g/mol. The number of nitrogens with one attached hydrogen (secondary N) is 1. The van der Waals surface area contributed by atoms with Gasteiger partial charge < -0.3 is 19.7 Å². The fraction of sp³-hybridized carbons (Fsp3) is 0.421.